The van der Waals surface area contributed by atoms with Crippen LogP contribution in [-0.2, 0) is 0 Å². The molecule has 1 fully saturated rings. The number of thiocarbonyl (C=S) groups is 1. The smallest absolute Gasteiger partial charge is 0.198 e. The van der Waals surface area contributed by atoms with Gasteiger partial charge in [0, 0.05) is 5.92 Å². The Morgan fingerprint density at radius 3 is 2.89 bits per heavy atom. The van der Waals surface area contributed by atoms with Crippen LogP contribution in [0.2, 0.25) is 0 Å². The predicted octanol–water partition coefficient (Wildman–Crippen LogP) is 4.61. The van der Waals surface area contributed by atoms with Gasteiger partial charge in [0.25, 0.3) is 0 Å². The molecule has 1 aromatic heterocycles. The lowest BCUT2D eigenvalue weighted by molar-refractivity contribution is 0.373. The maximum Gasteiger partial charge on any atom is 0.198 e. The van der Waals surface area contributed by atoms with Crippen LogP contribution in [0.3, 0.4) is 0 Å². The molecule has 1 aliphatic rings. The molecule has 0 radical (unpaired) electrons. The molecule has 0 aliphatic heterocycles. The lowest BCUT2D eigenvalue weighted by Gasteiger charge is -2.17. The second kappa shape index (κ2) is 5.01. The number of aliphatic imine (C=N–C) groups is 1. The van der Waals surface area contributed by atoms with Crippen LogP contribution in [0.5, 0.6) is 0 Å². The van der Waals surface area contributed by atoms with Crippen LogP contribution in [0.15, 0.2) is 27.6 Å². The number of aromatic nitrogens is 1. The van der Waals surface area contributed by atoms with E-state index in [0.29, 0.717) is 5.92 Å². The second-order valence-electron chi connectivity index (χ2n) is 4.74. The highest BCUT2D eigenvalue weighted by Gasteiger charge is 2.20. The van der Waals surface area contributed by atoms with E-state index in [1.807, 2.05) is 18.2 Å². The Morgan fingerprint density at radius 2 is 2.11 bits per heavy atom. The zero-order valence-corrected chi connectivity index (χ0v) is 10.9. The molecular weight excluding hydrogens is 244 g/mol. The molecule has 92 valence electrons. The molecule has 0 spiro atoms. The van der Waals surface area contributed by atoms with Crippen molar-refractivity contribution in [2.75, 3.05) is 0 Å². The Balaban J connectivity index is 1.96. The van der Waals surface area contributed by atoms with E-state index in [0.717, 1.165) is 22.7 Å². The average Bonchev–Trinajstić information content (AvgIpc) is 2.83. The Hall–Kier alpha value is -1.51. The summed E-state index contributed by atoms with van der Waals surface area (Å²) in [5, 5.41) is 2.37. The Morgan fingerprint density at radius 1 is 1.28 bits per heavy atom. The van der Waals surface area contributed by atoms with Crippen molar-refractivity contribution in [1.29, 1.82) is 0 Å². The molecule has 1 heterocycles. The maximum absolute atomic E-state index is 5.84. The molecule has 3 rings (SSSR count). The Bertz CT molecular complexity index is 607. The van der Waals surface area contributed by atoms with Gasteiger partial charge in [-0.25, -0.2) is 4.98 Å². The molecule has 4 heteroatoms. The first-order valence-corrected chi connectivity index (χ1v) is 6.76. The first-order valence-electron chi connectivity index (χ1n) is 6.35. The summed E-state index contributed by atoms with van der Waals surface area (Å²) in [6.07, 6.45) is 6.29. The number of rotatable bonds is 2. The molecule has 0 N–H and O–H groups in total. The van der Waals surface area contributed by atoms with Crippen LogP contribution in [0.25, 0.3) is 11.1 Å². The van der Waals surface area contributed by atoms with E-state index in [-0.39, 0.29) is 0 Å². The van der Waals surface area contributed by atoms with Crippen molar-refractivity contribution in [3.63, 3.8) is 0 Å². The Labute approximate surface area is 111 Å². The summed E-state index contributed by atoms with van der Waals surface area (Å²) in [5.41, 5.74) is 2.47. The van der Waals surface area contributed by atoms with E-state index in [1.54, 1.807) is 0 Å². The summed E-state index contributed by atoms with van der Waals surface area (Å²) in [6.45, 7) is 0. The minimum atomic E-state index is 0.489. The molecule has 0 saturated heterocycles. The van der Waals surface area contributed by atoms with Crippen molar-refractivity contribution in [2.24, 2.45) is 4.99 Å². The molecule has 0 unspecified atom stereocenters. The van der Waals surface area contributed by atoms with E-state index < -0.39 is 0 Å². The van der Waals surface area contributed by atoms with Crippen LogP contribution in [-0.4, -0.2) is 10.1 Å². The summed E-state index contributed by atoms with van der Waals surface area (Å²) in [6, 6.07) is 5.67. The minimum absolute atomic E-state index is 0.489. The topological polar surface area (TPSA) is 38.4 Å². The average molecular weight is 258 g/mol. The lowest BCUT2D eigenvalue weighted by Crippen LogP contribution is -2.04. The summed E-state index contributed by atoms with van der Waals surface area (Å²) in [4.78, 5) is 8.55. The summed E-state index contributed by atoms with van der Waals surface area (Å²) in [5.74, 6) is 1.37. The highest BCUT2D eigenvalue weighted by Crippen LogP contribution is 2.34. The van der Waals surface area contributed by atoms with Gasteiger partial charge in [-0.05, 0) is 43.3 Å². The number of benzene rings is 1. The molecule has 1 aromatic carbocycles. The van der Waals surface area contributed by atoms with Gasteiger partial charge in [0.05, 0.1) is 10.8 Å². The van der Waals surface area contributed by atoms with Crippen LogP contribution in [0.4, 0.5) is 5.69 Å². The second-order valence-corrected chi connectivity index (χ2v) is 4.92. The third-order valence-corrected chi connectivity index (χ3v) is 3.61. The van der Waals surface area contributed by atoms with E-state index in [4.69, 9.17) is 4.42 Å². The highest BCUT2D eigenvalue weighted by atomic mass is 32.1. The van der Waals surface area contributed by atoms with E-state index >= 15 is 0 Å². The summed E-state index contributed by atoms with van der Waals surface area (Å²) < 4.78 is 5.84. The van der Waals surface area contributed by atoms with Gasteiger partial charge in [-0.15, -0.1) is 0 Å². The van der Waals surface area contributed by atoms with Crippen molar-refractivity contribution >= 4 is 34.2 Å². The number of oxazole rings is 1. The number of nitrogens with zero attached hydrogens (tertiary/aromatic N) is 2. The number of hydrogen-bond donors (Lipinski definition) is 0. The third-order valence-electron chi connectivity index (χ3n) is 3.52. The van der Waals surface area contributed by atoms with E-state index in [1.165, 1.54) is 32.1 Å². The van der Waals surface area contributed by atoms with Crippen molar-refractivity contribution < 1.29 is 4.42 Å². The largest absolute Gasteiger partial charge is 0.440 e. The van der Waals surface area contributed by atoms with Gasteiger partial charge in [0.1, 0.15) is 5.52 Å². The van der Waals surface area contributed by atoms with Gasteiger partial charge >= 0.3 is 0 Å². The molecule has 18 heavy (non-hydrogen) atoms. The van der Waals surface area contributed by atoms with Gasteiger partial charge in [-0.1, -0.05) is 19.3 Å². The zero-order chi connectivity index (χ0) is 12.4. The highest BCUT2D eigenvalue weighted by molar-refractivity contribution is 7.78. The van der Waals surface area contributed by atoms with Gasteiger partial charge in [0.2, 0.25) is 0 Å². The Kier molecular flexibility index (Phi) is 3.22. The maximum atomic E-state index is 5.84. The SMILES string of the molecule is S=C=Nc1ccc2oc(C3CCCCC3)nc2c1. The van der Waals surface area contributed by atoms with Crippen LogP contribution >= 0.6 is 12.2 Å². The fraction of sp³-hybridized carbons (Fsp3) is 0.429. The summed E-state index contributed by atoms with van der Waals surface area (Å²) >= 11 is 4.60. The van der Waals surface area contributed by atoms with Crippen molar-refractivity contribution in [2.45, 2.75) is 38.0 Å². The first kappa shape index (κ1) is 11.6. The third kappa shape index (κ3) is 2.22. The van der Waals surface area contributed by atoms with Crippen molar-refractivity contribution in [3.05, 3.63) is 24.1 Å². The van der Waals surface area contributed by atoms with E-state index in [9.17, 15) is 0 Å². The monoisotopic (exact) mass is 258 g/mol. The molecule has 1 saturated carbocycles. The van der Waals surface area contributed by atoms with Crippen LogP contribution in [0, 0.1) is 0 Å². The molecule has 1 aliphatic carbocycles. The molecule has 3 nitrogen and oxygen atoms in total. The first-order chi connectivity index (χ1) is 8.86. The normalized spacial score (nSPS) is 16.7. The van der Waals surface area contributed by atoms with Gasteiger partial charge in [0.15, 0.2) is 11.5 Å². The predicted molar refractivity (Wildman–Crippen MR) is 74.5 cm³/mol. The fourth-order valence-electron chi connectivity index (χ4n) is 2.58. The van der Waals surface area contributed by atoms with Crippen LogP contribution in [0.1, 0.15) is 43.9 Å². The molecule has 0 atom stereocenters. The molecule has 2 aromatic rings. The van der Waals surface area contributed by atoms with Gasteiger partial charge < -0.3 is 4.42 Å². The molecule has 0 bridgehead atoms. The number of hydrogen-bond acceptors (Lipinski definition) is 4. The number of isothiocyanates is 1. The summed E-state index contributed by atoms with van der Waals surface area (Å²) in [7, 11) is 0. The quantitative estimate of drug-likeness (QED) is 0.583. The fourth-order valence-corrected chi connectivity index (χ4v) is 2.69. The van der Waals surface area contributed by atoms with Crippen molar-refractivity contribution in [1.82, 2.24) is 4.98 Å². The number of fused-ring (bicyclic) bond motifs is 1. The van der Waals surface area contributed by atoms with Gasteiger partial charge in [-0.2, -0.15) is 4.99 Å². The molecule has 0 amide bonds. The zero-order valence-electron chi connectivity index (χ0n) is 10.1. The van der Waals surface area contributed by atoms with Gasteiger partial charge in [-0.3, -0.25) is 0 Å². The standard InChI is InChI=1S/C14H14N2OS/c18-9-15-11-6-7-13-12(8-11)16-14(17-13)10-4-2-1-3-5-10/h6-8,10H,1-5H2. The van der Waals surface area contributed by atoms with Crippen molar-refractivity contribution in [3.8, 4) is 0 Å². The van der Waals surface area contributed by atoms with Crippen LogP contribution < -0.4 is 0 Å². The minimum Gasteiger partial charge on any atom is -0.440 e. The molecular formula is C14H14N2OS. The lowest BCUT2D eigenvalue weighted by atomic mass is 9.89. The van der Waals surface area contributed by atoms with E-state index in [2.05, 4.69) is 27.4 Å².